The van der Waals surface area contributed by atoms with Crippen molar-refractivity contribution in [1.82, 2.24) is 0 Å². The largest absolute Gasteiger partial charge is 0.493 e. The second-order valence-corrected chi connectivity index (χ2v) is 6.78. The Labute approximate surface area is 171 Å². The average molecular weight is 391 g/mol. The molecule has 0 unspecified atom stereocenters. The summed E-state index contributed by atoms with van der Waals surface area (Å²) in [6, 6.07) is 22.2. The number of anilines is 1. The van der Waals surface area contributed by atoms with E-state index < -0.39 is 0 Å². The predicted octanol–water partition coefficient (Wildman–Crippen LogP) is 4.70. The van der Waals surface area contributed by atoms with E-state index >= 15 is 0 Å². The second-order valence-electron chi connectivity index (χ2n) is 6.78. The molecule has 1 N–H and O–H groups in total. The molecule has 0 bridgehead atoms. The third-order valence-corrected chi connectivity index (χ3v) is 4.76. The first-order valence-electron chi connectivity index (χ1n) is 9.79. The highest BCUT2D eigenvalue weighted by molar-refractivity contribution is 5.55. The van der Waals surface area contributed by atoms with Crippen molar-refractivity contribution in [3.63, 3.8) is 0 Å². The molecule has 1 heterocycles. The van der Waals surface area contributed by atoms with Crippen molar-refractivity contribution in [2.24, 2.45) is 0 Å². The molecule has 5 heteroatoms. The minimum atomic E-state index is 0.583. The van der Waals surface area contributed by atoms with Crippen LogP contribution in [0.5, 0.6) is 23.0 Å². The zero-order valence-electron chi connectivity index (χ0n) is 16.5. The summed E-state index contributed by atoms with van der Waals surface area (Å²) in [5.74, 6) is 3.06. The average Bonchev–Trinajstić information content (AvgIpc) is 2.79. The predicted molar refractivity (Wildman–Crippen MR) is 113 cm³/mol. The summed E-state index contributed by atoms with van der Waals surface area (Å²) in [6.45, 7) is 2.45. The first-order valence-corrected chi connectivity index (χ1v) is 9.79. The summed E-state index contributed by atoms with van der Waals surface area (Å²) in [5.41, 5.74) is 3.34. The molecule has 0 spiro atoms. The van der Waals surface area contributed by atoms with E-state index in [9.17, 15) is 0 Å². The van der Waals surface area contributed by atoms with Crippen molar-refractivity contribution in [1.29, 1.82) is 0 Å². The third kappa shape index (κ3) is 4.93. The van der Waals surface area contributed by atoms with E-state index in [1.54, 1.807) is 7.11 Å². The van der Waals surface area contributed by atoms with Gasteiger partial charge in [-0.3, -0.25) is 0 Å². The minimum Gasteiger partial charge on any atom is -0.493 e. The molecule has 0 aliphatic carbocycles. The van der Waals surface area contributed by atoms with Crippen LogP contribution in [0.2, 0.25) is 0 Å². The van der Waals surface area contributed by atoms with Crippen LogP contribution in [0.15, 0.2) is 66.7 Å². The quantitative estimate of drug-likeness (QED) is 0.603. The SMILES string of the molecule is COc1cc(CNc2ccc3c(c2)OCCO3)ccc1OCCc1ccccc1. The van der Waals surface area contributed by atoms with Gasteiger partial charge in [0.05, 0.1) is 13.7 Å². The number of benzene rings is 3. The summed E-state index contributed by atoms with van der Waals surface area (Å²) in [4.78, 5) is 0. The molecule has 3 aromatic carbocycles. The molecular weight excluding hydrogens is 366 g/mol. The first-order chi connectivity index (χ1) is 14.3. The van der Waals surface area contributed by atoms with Gasteiger partial charge in [-0.25, -0.2) is 0 Å². The molecule has 0 saturated carbocycles. The molecule has 0 aromatic heterocycles. The minimum absolute atomic E-state index is 0.583. The maximum Gasteiger partial charge on any atom is 0.163 e. The second kappa shape index (κ2) is 9.24. The van der Waals surface area contributed by atoms with Gasteiger partial charge in [-0.2, -0.15) is 0 Å². The fourth-order valence-electron chi connectivity index (χ4n) is 3.22. The van der Waals surface area contributed by atoms with Crippen LogP contribution in [0.25, 0.3) is 0 Å². The van der Waals surface area contributed by atoms with Crippen molar-refractivity contribution in [2.45, 2.75) is 13.0 Å². The maximum absolute atomic E-state index is 5.94. The number of fused-ring (bicyclic) bond motifs is 1. The number of methoxy groups -OCH3 is 1. The van der Waals surface area contributed by atoms with E-state index in [1.165, 1.54) is 5.56 Å². The van der Waals surface area contributed by atoms with E-state index in [0.29, 0.717) is 26.4 Å². The summed E-state index contributed by atoms with van der Waals surface area (Å²) in [6.07, 6.45) is 0.859. The Bertz CT molecular complexity index is 943. The van der Waals surface area contributed by atoms with Gasteiger partial charge in [0.25, 0.3) is 0 Å². The molecule has 1 aliphatic heterocycles. The highest BCUT2D eigenvalue weighted by Gasteiger charge is 2.12. The van der Waals surface area contributed by atoms with Gasteiger partial charge in [0, 0.05) is 24.7 Å². The van der Waals surface area contributed by atoms with E-state index in [4.69, 9.17) is 18.9 Å². The molecule has 4 rings (SSSR count). The Morgan fingerprint density at radius 1 is 0.828 bits per heavy atom. The lowest BCUT2D eigenvalue weighted by Crippen LogP contribution is -2.15. The number of rotatable bonds is 8. The van der Waals surface area contributed by atoms with Crippen LogP contribution in [0.4, 0.5) is 5.69 Å². The molecule has 0 atom stereocenters. The standard InChI is InChI=1S/C24H25NO4/c1-26-23-15-19(7-9-21(23)27-12-11-18-5-3-2-4-6-18)17-25-20-8-10-22-24(16-20)29-14-13-28-22/h2-10,15-16,25H,11-14,17H2,1H3. The lowest BCUT2D eigenvalue weighted by atomic mass is 10.1. The molecule has 29 heavy (non-hydrogen) atoms. The summed E-state index contributed by atoms with van der Waals surface area (Å²) < 4.78 is 22.7. The van der Waals surface area contributed by atoms with Gasteiger partial charge in [-0.05, 0) is 35.4 Å². The van der Waals surface area contributed by atoms with Crippen LogP contribution in [-0.4, -0.2) is 26.9 Å². The fraction of sp³-hybridized carbons (Fsp3) is 0.250. The number of ether oxygens (including phenoxy) is 4. The van der Waals surface area contributed by atoms with Crippen molar-refractivity contribution >= 4 is 5.69 Å². The molecule has 0 saturated heterocycles. The van der Waals surface area contributed by atoms with Crippen LogP contribution >= 0.6 is 0 Å². The van der Waals surface area contributed by atoms with Gasteiger partial charge in [0.15, 0.2) is 23.0 Å². The van der Waals surface area contributed by atoms with Crippen molar-refractivity contribution < 1.29 is 18.9 Å². The van der Waals surface area contributed by atoms with Gasteiger partial charge < -0.3 is 24.3 Å². The zero-order valence-corrected chi connectivity index (χ0v) is 16.5. The van der Waals surface area contributed by atoms with Crippen LogP contribution in [0.1, 0.15) is 11.1 Å². The van der Waals surface area contributed by atoms with Gasteiger partial charge in [0.2, 0.25) is 0 Å². The van der Waals surface area contributed by atoms with Crippen LogP contribution in [0, 0.1) is 0 Å². The van der Waals surface area contributed by atoms with Crippen LogP contribution in [0.3, 0.4) is 0 Å². The Morgan fingerprint density at radius 3 is 2.48 bits per heavy atom. The number of nitrogens with one attached hydrogen (secondary N) is 1. The molecule has 1 aliphatic rings. The molecule has 0 amide bonds. The van der Waals surface area contributed by atoms with Crippen molar-refractivity contribution in [3.05, 3.63) is 77.9 Å². The molecule has 150 valence electrons. The third-order valence-electron chi connectivity index (χ3n) is 4.76. The highest BCUT2D eigenvalue weighted by atomic mass is 16.6. The molecule has 0 fully saturated rings. The monoisotopic (exact) mass is 391 g/mol. The van der Waals surface area contributed by atoms with E-state index in [-0.39, 0.29) is 0 Å². The molecule has 3 aromatic rings. The number of hydrogen-bond acceptors (Lipinski definition) is 5. The van der Waals surface area contributed by atoms with Gasteiger partial charge in [-0.15, -0.1) is 0 Å². The van der Waals surface area contributed by atoms with E-state index in [1.807, 2.05) is 54.6 Å². The van der Waals surface area contributed by atoms with E-state index in [2.05, 4.69) is 17.4 Å². The molecule has 5 nitrogen and oxygen atoms in total. The van der Waals surface area contributed by atoms with Gasteiger partial charge in [-0.1, -0.05) is 36.4 Å². The van der Waals surface area contributed by atoms with Gasteiger partial charge >= 0.3 is 0 Å². The topological polar surface area (TPSA) is 49.0 Å². The lowest BCUT2D eigenvalue weighted by Gasteiger charge is -2.19. The summed E-state index contributed by atoms with van der Waals surface area (Å²) in [5, 5.41) is 3.41. The number of hydrogen-bond donors (Lipinski definition) is 1. The Hall–Kier alpha value is -3.34. The normalized spacial score (nSPS) is 12.3. The van der Waals surface area contributed by atoms with Gasteiger partial charge in [0.1, 0.15) is 13.2 Å². The van der Waals surface area contributed by atoms with Crippen molar-refractivity contribution in [2.75, 3.05) is 32.2 Å². The fourth-order valence-corrected chi connectivity index (χ4v) is 3.22. The zero-order chi connectivity index (χ0) is 19.9. The lowest BCUT2D eigenvalue weighted by molar-refractivity contribution is 0.171. The summed E-state index contributed by atoms with van der Waals surface area (Å²) in [7, 11) is 1.66. The molecule has 0 radical (unpaired) electrons. The Morgan fingerprint density at radius 2 is 1.66 bits per heavy atom. The van der Waals surface area contributed by atoms with E-state index in [0.717, 1.165) is 40.7 Å². The summed E-state index contributed by atoms with van der Waals surface area (Å²) >= 11 is 0. The molecular formula is C24H25NO4. The Kier molecular flexibility index (Phi) is 6.05. The maximum atomic E-state index is 5.94. The smallest absolute Gasteiger partial charge is 0.163 e. The first kappa shape index (κ1) is 19.0. The Balaban J connectivity index is 1.35. The van der Waals surface area contributed by atoms with Crippen molar-refractivity contribution in [3.8, 4) is 23.0 Å². The van der Waals surface area contributed by atoms with Crippen LogP contribution in [-0.2, 0) is 13.0 Å². The van der Waals surface area contributed by atoms with Crippen LogP contribution < -0.4 is 24.3 Å². The highest BCUT2D eigenvalue weighted by Crippen LogP contribution is 2.33.